The fourth-order valence-corrected chi connectivity index (χ4v) is 2.39. The van der Waals surface area contributed by atoms with Crippen molar-refractivity contribution in [2.75, 3.05) is 11.9 Å². The van der Waals surface area contributed by atoms with Crippen molar-refractivity contribution in [3.63, 3.8) is 0 Å². The number of amides is 1. The summed E-state index contributed by atoms with van der Waals surface area (Å²) in [5, 5.41) is 2.72. The van der Waals surface area contributed by atoms with E-state index in [0.29, 0.717) is 11.3 Å². The lowest BCUT2D eigenvalue weighted by atomic mass is 9.98. The van der Waals surface area contributed by atoms with Gasteiger partial charge in [0.05, 0.1) is 6.61 Å². The molecule has 2 aromatic carbocycles. The standard InChI is InChI=1S/C20H21NO4/c1-3-25-20(24)18(13-15-7-5-4-6-8-15)19(23)21-17-11-9-16(10-12-17)14(2)22/h4-12,18H,3,13H2,1-2H3,(H,21,23). The van der Waals surface area contributed by atoms with Crippen molar-refractivity contribution in [1.29, 1.82) is 0 Å². The smallest absolute Gasteiger partial charge is 0.318 e. The lowest BCUT2D eigenvalue weighted by molar-refractivity contribution is -0.150. The molecule has 1 amide bonds. The van der Waals surface area contributed by atoms with Crippen molar-refractivity contribution in [3.8, 4) is 0 Å². The van der Waals surface area contributed by atoms with Crippen molar-refractivity contribution >= 4 is 23.3 Å². The normalized spacial score (nSPS) is 11.4. The van der Waals surface area contributed by atoms with E-state index in [2.05, 4.69) is 5.32 Å². The van der Waals surface area contributed by atoms with E-state index in [1.54, 1.807) is 31.2 Å². The van der Waals surface area contributed by atoms with Gasteiger partial charge in [-0.1, -0.05) is 30.3 Å². The van der Waals surface area contributed by atoms with Crippen LogP contribution in [0.4, 0.5) is 5.69 Å². The molecule has 25 heavy (non-hydrogen) atoms. The number of nitrogens with one attached hydrogen (secondary N) is 1. The highest BCUT2D eigenvalue weighted by molar-refractivity contribution is 6.05. The van der Waals surface area contributed by atoms with Crippen LogP contribution in [0.5, 0.6) is 0 Å². The average Bonchev–Trinajstić information content (AvgIpc) is 2.61. The van der Waals surface area contributed by atoms with Gasteiger partial charge in [-0.2, -0.15) is 0 Å². The first-order chi connectivity index (χ1) is 12.0. The lowest BCUT2D eigenvalue weighted by Crippen LogP contribution is -2.33. The Hall–Kier alpha value is -2.95. The van der Waals surface area contributed by atoms with Crippen LogP contribution in [0.15, 0.2) is 54.6 Å². The zero-order valence-corrected chi connectivity index (χ0v) is 14.3. The van der Waals surface area contributed by atoms with Gasteiger partial charge in [0.25, 0.3) is 0 Å². The molecule has 0 bridgehead atoms. The Labute approximate surface area is 147 Å². The van der Waals surface area contributed by atoms with Crippen LogP contribution in [0.1, 0.15) is 29.8 Å². The molecular weight excluding hydrogens is 318 g/mol. The van der Waals surface area contributed by atoms with Gasteiger partial charge in [0.1, 0.15) is 5.92 Å². The van der Waals surface area contributed by atoms with E-state index in [0.717, 1.165) is 5.56 Å². The van der Waals surface area contributed by atoms with Gasteiger partial charge >= 0.3 is 5.97 Å². The molecular formula is C20H21NO4. The summed E-state index contributed by atoms with van der Waals surface area (Å²) in [5.41, 5.74) is 1.96. The summed E-state index contributed by atoms with van der Waals surface area (Å²) in [6.07, 6.45) is 0.261. The van der Waals surface area contributed by atoms with Crippen LogP contribution in [-0.4, -0.2) is 24.3 Å². The highest BCUT2D eigenvalue weighted by Crippen LogP contribution is 2.16. The fraction of sp³-hybridized carbons (Fsp3) is 0.250. The predicted molar refractivity (Wildman–Crippen MR) is 95.3 cm³/mol. The van der Waals surface area contributed by atoms with Crippen molar-refractivity contribution < 1.29 is 19.1 Å². The topological polar surface area (TPSA) is 72.5 Å². The highest BCUT2D eigenvalue weighted by atomic mass is 16.5. The molecule has 0 radical (unpaired) electrons. The summed E-state index contributed by atoms with van der Waals surface area (Å²) in [6, 6.07) is 15.9. The van der Waals surface area contributed by atoms with E-state index in [1.165, 1.54) is 6.92 Å². The molecule has 0 aliphatic rings. The minimum absolute atomic E-state index is 0.0497. The third-order valence-corrected chi connectivity index (χ3v) is 3.73. The second-order valence-corrected chi connectivity index (χ2v) is 5.62. The molecule has 1 atom stereocenters. The van der Waals surface area contributed by atoms with Crippen LogP contribution in [0, 0.1) is 5.92 Å². The second-order valence-electron chi connectivity index (χ2n) is 5.62. The lowest BCUT2D eigenvalue weighted by Gasteiger charge is -2.16. The molecule has 0 aromatic heterocycles. The first-order valence-electron chi connectivity index (χ1n) is 8.13. The summed E-state index contributed by atoms with van der Waals surface area (Å²) in [6.45, 7) is 3.39. The Bertz CT molecular complexity index is 738. The summed E-state index contributed by atoms with van der Waals surface area (Å²) in [7, 11) is 0. The van der Waals surface area contributed by atoms with Crippen LogP contribution in [0.2, 0.25) is 0 Å². The SMILES string of the molecule is CCOC(=O)C(Cc1ccccc1)C(=O)Nc1ccc(C(C)=O)cc1. The maximum atomic E-state index is 12.6. The van der Waals surface area contributed by atoms with Gasteiger partial charge in [0.15, 0.2) is 5.78 Å². The molecule has 2 aromatic rings. The number of hydrogen-bond donors (Lipinski definition) is 1. The predicted octanol–water partition coefficient (Wildman–Crippen LogP) is 3.25. The number of ether oxygens (including phenoxy) is 1. The Morgan fingerprint density at radius 2 is 1.64 bits per heavy atom. The maximum Gasteiger partial charge on any atom is 0.318 e. The molecule has 0 saturated carbocycles. The van der Waals surface area contributed by atoms with Gasteiger partial charge < -0.3 is 10.1 Å². The van der Waals surface area contributed by atoms with Gasteiger partial charge in [0, 0.05) is 11.3 Å². The number of Topliss-reactive ketones (excluding diaryl/α,β-unsaturated/α-hetero) is 1. The van der Waals surface area contributed by atoms with Crippen molar-refractivity contribution in [1.82, 2.24) is 0 Å². The van der Waals surface area contributed by atoms with E-state index >= 15 is 0 Å². The molecule has 0 aliphatic heterocycles. The van der Waals surface area contributed by atoms with Gasteiger partial charge in [-0.15, -0.1) is 0 Å². The summed E-state index contributed by atoms with van der Waals surface area (Å²) in [4.78, 5) is 36.1. The third-order valence-electron chi connectivity index (χ3n) is 3.73. The molecule has 0 spiro atoms. The van der Waals surface area contributed by atoms with Gasteiger partial charge in [-0.05, 0) is 50.1 Å². The summed E-state index contributed by atoms with van der Waals surface area (Å²) >= 11 is 0. The van der Waals surface area contributed by atoms with E-state index in [-0.39, 0.29) is 18.8 Å². The Balaban J connectivity index is 2.13. The third kappa shape index (κ3) is 5.28. The number of carbonyl (C=O) groups is 3. The Morgan fingerprint density at radius 1 is 1.00 bits per heavy atom. The second kappa shape index (κ2) is 8.78. The maximum absolute atomic E-state index is 12.6. The zero-order chi connectivity index (χ0) is 18.2. The number of carbonyl (C=O) groups excluding carboxylic acids is 3. The molecule has 0 aliphatic carbocycles. The van der Waals surface area contributed by atoms with Gasteiger partial charge in [-0.3, -0.25) is 14.4 Å². The van der Waals surface area contributed by atoms with Gasteiger partial charge in [0.2, 0.25) is 5.91 Å². The highest BCUT2D eigenvalue weighted by Gasteiger charge is 2.28. The quantitative estimate of drug-likeness (QED) is 0.477. The van der Waals surface area contributed by atoms with E-state index in [4.69, 9.17) is 4.74 Å². The largest absolute Gasteiger partial charge is 0.465 e. The average molecular weight is 339 g/mol. The number of esters is 1. The Kier molecular flexibility index (Phi) is 6.46. The molecule has 0 heterocycles. The van der Waals surface area contributed by atoms with E-state index < -0.39 is 17.8 Å². The van der Waals surface area contributed by atoms with Crippen LogP contribution in [0.3, 0.4) is 0 Å². The van der Waals surface area contributed by atoms with Crippen LogP contribution in [0.25, 0.3) is 0 Å². The van der Waals surface area contributed by atoms with Crippen molar-refractivity contribution in [3.05, 3.63) is 65.7 Å². The van der Waals surface area contributed by atoms with Gasteiger partial charge in [-0.25, -0.2) is 0 Å². The number of ketones is 1. The summed E-state index contributed by atoms with van der Waals surface area (Å²) < 4.78 is 5.04. The molecule has 0 saturated heterocycles. The number of rotatable bonds is 7. The van der Waals surface area contributed by atoms with Crippen molar-refractivity contribution in [2.24, 2.45) is 5.92 Å². The minimum Gasteiger partial charge on any atom is -0.465 e. The first kappa shape index (κ1) is 18.4. The zero-order valence-electron chi connectivity index (χ0n) is 14.3. The summed E-state index contributed by atoms with van der Waals surface area (Å²) in [5.74, 6) is -1.97. The Morgan fingerprint density at radius 3 is 2.20 bits per heavy atom. The monoisotopic (exact) mass is 339 g/mol. The molecule has 2 rings (SSSR count). The molecule has 130 valence electrons. The first-order valence-corrected chi connectivity index (χ1v) is 8.13. The number of hydrogen-bond acceptors (Lipinski definition) is 4. The minimum atomic E-state index is -0.935. The number of benzene rings is 2. The molecule has 5 nitrogen and oxygen atoms in total. The number of anilines is 1. The van der Waals surface area contributed by atoms with Crippen LogP contribution >= 0.6 is 0 Å². The van der Waals surface area contributed by atoms with Crippen LogP contribution < -0.4 is 5.32 Å². The molecule has 1 unspecified atom stereocenters. The van der Waals surface area contributed by atoms with E-state index in [1.807, 2.05) is 30.3 Å². The molecule has 1 N–H and O–H groups in total. The molecule has 0 fully saturated rings. The van der Waals surface area contributed by atoms with Crippen LogP contribution in [-0.2, 0) is 20.7 Å². The molecule has 5 heteroatoms. The van der Waals surface area contributed by atoms with Crippen molar-refractivity contribution in [2.45, 2.75) is 20.3 Å². The fourth-order valence-electron chi connectivity index (χ4n) is 2.39. The van der Waals surface area contributed by atoms with E-state index in [9.17, 15) is 14.4 Å².